The van der Waals surface area contributed by atoms with Crippen molar-refractivity contribution < 1.29 is 18.8 Å². The second kappa shape index (κ2) is 6.54. The summed E-state index contributed by atoms with van der Waals surface area (Å²) in [6.07, 6.45) is 3.92. The summed E-state index contributed by atoms with van der Waals surface area (Å²) in [5, 5.41) is 5.70. The first-order valence-corrected chi connectivity index (χ1v) is 8.84. The van der Waals surface area contributed by atoms with Crippen LogP contribution in [0.2, 0.25) is 0 Å². The lowest BCUT2D eigenvalue weighted by Gasteiger charge is -2.20. The molecular weight excluding hydrogens is 322 g/mol. The van der Waals surface area contributed by atoms with Crippen molar-refractivity contribution in [2.45, 2.75) is 58.4 Å². The van der Waals surface area contributed by atoms with Gasteiger partial charge in [0.1, 0.15) is 17.1 Å². The summed E-state index contributed by atoms with van der Waals surface area (Å²) in [6.45, 7) is 6.16. The summed E-state index contributed by atoms with van der Waals surface area (Å²) in [6, 6.07) is -0.310. The molecule has 25 heavy (non-hydrogen) atoms. The topological polar surface area (TPSA) is 91.7 Å². The second-order valence-electron chi connectivity index (χ2n) is 7.00. The molecule has 2 N–H and O–H groups in total. The molecule has 136 valence electrons. The van der Waals surface area contributed by atoms with E-state index in [9.17, 15) is 14.4 Å². The van der Waals surface area contributed by atoms with Crippen LogP contribution in [0, 0.1) is 20.8 Å². The Kier molecular flexibility index (Phi) is 4.58. The van der Waals surface area contributed by atoms with Crippen LogP contribution in [0.15, 0.2) is 4.42 Å². The normalized spacial score (nSPS) is 18.9. The first-order chi connectivity index (χ1) is 11.9. The molecule has 1 aliphatic heterocycles. The smallest absolute Gasteiger partial charge is 0.325 e. The quantitative estimate of drug-likeness (QED) is 0.631. The third kappa shape index (κ3) is 3.03. The van der Waals surface area contributed by atoms with E-state index in [1.54, 1.807) is 6.92 Å². The number of nitrogens with one attached hydrogen (secondary N) is 2. The van der Waals surface area contributed by atoms with Crippen LogP contribution in [-0.2, 0) is 4.79 Å². The lowest BCUT2D eigenvalue weighted by atomic mass is 9.98. The number of nitrogens with zero attached hydrogens (tertiary/aromatic N) is 1. The van der Waals surface area contributed by atoms with Gasteiger partial charge in [0.05, 0.1) is 5.56 Å². The third-order valence-electron chi connectivity index (χ3n) is 5.34. The van der Waals surface area contributed by atoms with Crippen LogP contribution in [0.3, 0.4) is 0 Å². The van der Waals surface area contributed by atoms with Crippen LogP contribution >= 0.6 is 0 Å². The van der Waals surface area contributed by atoms with E-state index in [1.807, 2.05) is 13.8 Å². The van der Waals surface area contributed by atoms with Gasteiger partial charge in [-0.15, -0.1) is 0 Å². The molecule has 2 heterocycles. The number of furan rings is 1. The molecule has 0 aromatic carbocycles. The number of urea groups is 1. The number of hydrogen-bond donors (Lipinski definition) is 2. The fourth-order valence-corrected chi connectivity index (χ4v) is 3.85. The maximum Gasteiger partial charge on any atom is 0.325 e. The van der Waals surface area contributed by atoms with Crippen molar-refractivity contribution in [2.75, 3.05) is 13.1 Å². The highest BCUT2D eigenvalue weighted by molar-refractivity contribution is 6.07. The van der Waals surface area contributed by atoms with Crippen molar-refractivity contribution in [3.05, 3.63) is 22.6 Å². The van der Waals surface area contributed by atoms with Gasteiger partial charge in [-0.3, -0.25) is 14.5 Å². The maximum absolute atomic E-state index is 12.5. The molecular formula is C18H25N3O4. The van der Waals surface area contributed by atoms with E-state index in [0.29, 0.717) is 30.8 Å². The second-order valence-corrected chi connectivity index (χ2v) is 7.00. The van der Waals surface area contributed by atoms with Crippen molar-refractivity contribution >= 4 is 17.8 Å². The summed E-state index contributed by atoms with van der Waals surface area (Å²) >= 11 is 0. The fraction of sp³-hybridized carbons (Fsp3) is 0.611. The van der Waals surface area contributed by atoms with Crippen molar-refractivity contribution in [3.8, 4) is 0 Å². The number of carbonyl (C=O) groups is 3. The van der Waals surface area contributed by atoms with Crippen molar-refractivity contribution in [2.24, 2.45) is 0 Å². The van der Waals surface area contributed by atoms with Crippen LogP contribution in [0.1, 0.15) is 59.5 Å². The van der Waals surface area contributed by atoms with Crippen LogP contribution in [0.4, 0.5) is 4.79 Å². The molecule has 0 radical (unpaired) electrons. The molecule has 1 saturated carbocycles. The standard InChI is InChI=1S/C18H25N3O4/c1-11-12(2)25-13(3)14(11)15(22)19-9-6-10-21-16(23)18(20-17(21)24)7-4-5-8-18/h4-10H2,1-3H3,(H,19,22)(H,20,24). The first-order valence-electron chi connectivity index (χ1n) is 8.84. The van der Waals surface area contributed by atoms with Crippen LogP contribution < -0.4 is 10.6 Å². The van der Waals surface area contributed by atoms with Gasteiger partial charge in [0.2, 0.25) is 0 Å². The number of rotatable bonds is 5. The van der Waals surface area contributed by atoms with Crippen LogP contribution in [0.25, 0.3) is 0 Å². The molecule has 0 bridgehead atoms. The summed E-state index contributed by atoms with van der Waals surface area (Å²) in [4.78, 5) is 38.2. The summed E-state index contributed by atoms with van der Waals surface area (Å²) in [5.41, 5.74) is 0.743. The number of hydrogen-bond acceptors (Lipinski definition) is 4. The molecule has 2 fully saturated rings. The van der Waals surface area contributed by atoms with Gasteiger partial charge in [-0.25, -0.2) is 4.79 Å². The van der Waals surface area contributed by atoms with Crippen LogP contribution in [0.5, 0.6) is 0 Å². The summed E-state index contributed by atoms with van der Waals surface area (Å²) in [7, 11) is 0. The predicted molar refractivity (Wildman–Crippen MR) is 91.3 cm³/mol. The van der Waals surface area contributed by atoms with E-state index in [0.717, 1.165) is 37.0 Å². The highest BCUT2D eigenvalue weighted by Gasteiger charge is 2.51. The average Bonchev–Trinajstić information content (AvgIpc) is 3.18. The molecule has 4 amide bonds. The Bertz CT molecular complexity index is 716. The van der Waals surface area contributed by atoms with Crippen molar-refractivity contribution in [1.29, 1.82) is 0 Å². The average molecular weight is 347 g/mol. The van der Waals surface area contributed by atoms with Gasteiger partial charge in [0.15, 0.2) is 0 Å². The summed E-state index contributed by atoms with van der Waals surface area (Å²) < 4.78 is 5.47. The van der Waals surface area contributed by atoms with Crippen molar-refractivity contribution in [1.82, 2.24) is 15.5 Å². The zero-order valence-corrected chi connectivity index (χ0v) is 15.0. The SMILES string of the molecule is Cc1oc(C)c(C(=O)NCCCN2C(=O)NC3(CCCC3)C2=O)c1C. The highest BCUT2D eigenvalue weighted by Crippen LogP contribution is 2.35. The number of amides is 4. The number of aryl methyl sites for hydroxylation is 2. The largest absolute Gasteiger partial charge is 0.466 e. The Hall–Kier alpha value is -2.31. The molecule has 7 nitrogen and oxygen atoms in total. The lowest BCUT2D eigenvalue weighted by Crippen LogP contribution is -2.44. The zero-order chi connectivity index (χ0) is 18.2. The third-order valence-corrected chi connectivity index (χ3v) is 5.34. The maximum atomic E-state index is 12.5. The monoisotopic (exact) mass is 347 g/mol. The lowest BCUT2D eigenvalue weighted by molar-refractivity contribution is -0.131. The molecule has 1 aromatic heterocycles. The van der Waals surface area contributed by atoms with E-state index in [-0.39, 0.29) is 17.8 Å². The predicted octanol–water partition coefficient (Wildman–Crippen LogP) is 2.19. The minimum atomic E-state index is -0.664. The van der Waals surface area contributed by atoms with E-state index in [4.69, 9.17) is 4.42 Å². The van der Waals surface area contributed by atoms with E-state index in [2.05, 4.69) is 10.6 Å². The Morgan fingerprint density at radius 2 is 1.88 bits per heavy atom. The van der Waals surface area contributed by atoms with Gasteiger partial charge in [0.25, 0.3) is 11.8 Å². The Morgan fingerprint density at radius 3 is 2.48 bits per heavy atom. The van der Waals surface area contributed by atoms with Gasteiger partial charge in [-0.1, -0.05) is 12.8 Å². The van der Waals surface area contributed by atoms with E-state index in [1.165, 1.54) is 4.90 Å². The fourth-order valence-electron chi connectivity index (χ4n) is 3.85. The van der Waals surface area contributed by atoms with Gasteiger partial charge >= 0.3 is 6.03 Å². The molecule has 0 unspecified atom stereocenters. The van der Waals surface area contributed by atoms with Crippen molar-refractivity contribution in [3.63, 3.8) is 0 Å². The number of imide groups is 1. The Balaban J connectivity index is 1.51. The first kappa shape index (κ1) is 17.5. The Labute approximate surface area is 147 Å². The highest BCUT2D eigenvalue weighted by atomic mass is 16.3. The van der Waals surface area contributed by atoms with Gasteiger partial charge in [0, 0.05) is 18.7 Å². The van der Waals surface area contributed by atoms with Crippen LogP contribution in [-0.4, -0.2) is 41.4 Å². The van der Waals surface area contributed by atoms with Gasteiger partial charge in [-0.2, -0.15) is 0 Å². The van der Waals surface area contributed by atoms with E-state index < -0.39 is 5.54 Å². The number of carbonyl (C=O) groups excluding carboxylic acids is 3. The molecule has 3 rings (SSSR count). The van der Waals surface area contributed by atoms with Gasteiger partial charge in [-0.05, 0) is 40.0 Å². The molecule has 1 spiro atoms. The minimum absolute atomic E-state index is 0.113. The summed E-state index contributed by atoms with van der Waals surface area (Å²) in [5.74, 6) is 1.04. The molecule has 0 atom stereocenters. The van der Waals surface area contributed by atoms with Gasteiger partial charge < -0.3 is 15.1 Å². The molecule has 7 heteroatoms. The minimum Gasteiger partial charge on any atom is -0.466 e. The molecule has 1 aliphatic carbocycles. The zero-order valence-electron chi connectivity index (χ0n) is 15.0. The van der Waals surface area contributed by atoms with E-state index >= 15 is 0 Å². The Morgan fingerprint density at radius 1 is 1.20 bits per heavy atom. The molecule has 2 aliphatic rings. The molecule has 1 saturated heterocycles. The molecule has 1 aromatic rings.